The number of anilines is 1. The first-order chi connectivity index (χ1) is 6.58. The van der Waals surface area contributed by atoms with Gasteiger partial charge >= 0.3 is 0 Å². The van der Waals surface area contributed by atoms with Crippen LogP contribution < -0.4 is 11.1 Å². The van der Waals surface area contributed by atoms with E-state index in [9.17, 15) is 4.79 Å². The number of hydrogen-bond acceptors (Lipinski definition) is 4. The third-order valence-electron chi connectivity index (χ3n) is 1.69. The van der Waals surface area contributed by atoms with Crippen molar-refractivity contribution in [3.05, 3.63) is 17.8 Å². The van der Waals surface area contributed by atoms with Crippen LogP contribution in [0, 0.1) is 6.92 Å². The molecule has 0 aliphatic heterocycles. The summed E-state index contributed by atoms with van der Waals surface area (Å²) < 4.78 is 0. The molecule has 0 fully saturated rings. The predicted molar refractivity (Wildman–Crippen MR) is 53.7 cm³/mol. The zero-order valence-electron chi connectivity index (χ0n) is 8.32. The summed E-state index contributed by atoms with van der Waals surface area (Å²) in [6.07, 6.45) is 1.96. The van der Waals surface area contributed by atoms with Crippen molar-refractivity contribution >= 4 is 11.7 Å². The van der Waals surface area contributed by atoms with Gasteiger partial charge in [0.05, 0.1) is 6.20 Å². The number of nitrogens with zero attached hydrogens (tertiary/aromatic N) is 2. The molecule has 0 saturated heterocycles. The predicted octanol–water partition coefficient (Wildman–Crippen LogP) is 0.461. The maximum Gasteiger partial charge on any atom is 0.219 e. The molecule has 76 valence electrons. The summed E-state index contributed by atoms with van der Waals surface area (Å²) in [4.78, 5) is 10.6. The van der Waals surface area contributed by atoms with Crippen LogP contribution in [0.5, 0.6) is 0 Å². The van der Waals surface area contributed by atoms with Crippen molar-refractivity contribution < 1.29 is 4.79 Å². The van der Waals surface area contributed by atoms with Crippen molar-refractivity contribution in [2.45, 2.75) is 26.3 Å². The van der Waals surface area contributed by atoms with Gasteiger partial charge in [0.25, 0.3) is 0 Å². The molecule has 0 aliphatic carbocycles. The average molecular weight is 194 g/mol. The van der Waals surface area contributed by atoms with Gasteiger partial charge in [-0.15, -0.1) is 5.10 Å². The van der Waals surface area contributed by atoms with Crippen LogP contribution in [0.15, 0.2) is 12.3 Å². The van der Waals surface area contributed by atoms with Crippen molar-refractivity contribution in [2.24, 2.45) is 5.73 Å². The van der Waals surface area contributed by atoms with E-state index in [-0.39, 0.29) is 18.4 Å². The van der Waals surface area contributed by atoms with Gasteiger partial charge in [-0.3, -0.25) is 4.79 Å². The molecule has 14 heavy (non-hydrogen) atoms. The molecule has 0 bridgehead atoms. The number of primary amides is 1. The Kier molecular flexibility index (Phi) is 3.39. The molecule has 1 aromatic heterocycles. The summed E-state index contributed by atoms with van der Waals surface area (Å²) in [5.41, 5.74) is 6.08. The molecule has 3 N–H and O–H groups in total. The Morgan fingerprint density at radius 2 is 2.43 bits per heavy atom. The minimum Gasteiger partial charge on any atom is -0.370 e. The first-order valence-corrected chi connectivity index (χ1v) is 4.42. The Labute approximate surface area is 82.7 Å². The third-order valence-corrected chi connectivity index (χ3v) is 1.69. The monoisotopic (exact) mass is 194 g/mol. The molecule has 1 rings (SSSR count). The van der Waals surface area contributed by atoms with Gasteiger partial charge in [-0.05, 0) is 25.5 Å². The number of hydrogen-bond donors (Lipinski definition) is 2. The third kappa shape index (κ3) is 3.38. The highest BCUT2D eigenvalue weighted by atomic mass is 16.1. The van der Waals surface area contributed by atoms with Gasteiger partial charge in [0, 0.05) is 12.5 Å². The van der Waals surface area contributed by atoms with Crippen molar-refractivity contribution in [3.63, 3.8) is 0 Å². The van der Waals surface area contributed by atoms with Crippen LogP contribution >= 0.6 is 0 Å². The Morgan fingerprint density at radius 3 is 3.00 bits per heavy atom. The molecule has 1 aromatic rings. The topological polar surface area (TPSA) is 80.9 Å². The number of carbonyl (C=O) groups is 1. The van der Waals surface area contributed by atoms with Crippen LogP contribution in [0.3, 0.4) is 0 Å². The minimum absolute atomic E-state index is 0.0244. The fourth-order valence-corrected chi connectivity index (χ4v) is 1.14. The van der Waals surface area contributed by atoms with Crippen molar-refractivity contribution in [1.29, 1.82) is 0 Å². The molecule has 0 radical (unpaired) electrons. The molecule has 0 spiro atoms. The SMILES string of the molecule is Cc1cnnc(NC(C)CC(N)=O)c1. The molecule has 1 amide bonds. The molecule has 1 heterocycles. The van der Waals surface area contributed by atoms with Crippen molar-refractivity contribution in [2.75, 3.05) is 5.32 Å². The second-order valence-corrected chi connectivity index (χ2v) is 3.33. The second-order valence-electron chi connectivity index (χ2n) is 3.33. The summed E-state index contributed by atoms with van der Waals surface area (Å²) >= 11 is 0. The number of aromatic nitrogens is 2. The van der Waals surface area contributed by atoms with Gasteiger partial charge in [-0.2, -0.15) is 5.10 Å². The molecule has 0 aliphatic rings. The van der Waals surface area contributed by atoms with Crippen molar-refractivity contribution in [1.82, 2.24) is 10.2 Å². The Bertz CT molecular complexity index is 326. The summed E-state index contributed by atoms with van der Waals surface area (Å²) in [6.45, 7) is 3.80. The van der Waals surface area contributed by atoms with Gasteiger partial charge in [-0.1, -0.05) is 0 Å². The quantitative estimate of drug-likeness (QED) is 0.729. The van der Waals surface area contributed by atoms with Crippen LogP contribution in [0.1, 0.15) is 18.9 Å². The van der Waals surface area contributed by atoms with E-state index in [1.807, 2.05) is 19.9 Å². The lowest BCUT2D eigenvalue weighted by atomic mass is 10.2. The van der Waals surface area contributed by atoms with Crippen LogP contribution in [-0.2, 0) is 4.79 Å². The van der Waals surface area contributed by atoms with Gasteiger partial charge in [0.2, 0.25) is 5.91 Å². The van der Waals surface area contributed by atoms with E-state index in [2.05, 4.69) is 15.5 Å². The van der Waals surface area contributed by atoms with Crippen LogP contribution in [0.4, 0.5) is 5.82 Å². The van der Waals surface area contributed by atoms with E-state index in [1.54, 1.807) is 6.20 Å². The summed E-state index contributed by atoms with van der Waals surface area (Å²) in [6, 6.07) is 1.84. The van der Waals surface area contributed by atoms with Crippen LogP contribution in [0.2, 0.25) is 0 Å². The largest absolute Gasteiger partial charge is 0.370 e. The number of aryl methyl sites for hydroxylation is 1. The normalized spacial score (nSPS) is 12.1. The summed E-state index contributed by atoms with van der Waals surface area (Å²) in [5.74, 6) is 0.337. The minimum atomic E-state index is -0.328. The van der Waals surface area contributed by atoms with E-state index in [4.69, 9.17) is 5.73 Å². The van der Waals surface area contributed by atoms with E-state index in [0.29, 0.717) is 5.82 Å². The lowest BCUT2D eigenvalue weighted by molar-refractivity contribution is -0.118. The Balaban J connectivity index is 2.55. The number of nitrogens with one attached hydrogen (secondary N) is 1. The maximum atomic E-state index is 10.6. The molecule has 5 nitrogen and oxygen atoms in total. The second kappa shape index (κ2) is 4.55. The van der Waals surface area contributed by atoms with Crippen LogP contribution in [-0.4, -0.2) is 22.1 Å². The molecule has 1 unspecified atom stereocenters. The smallest absolute Gasteiger partial charge is 0.219 e. The molecule has 1 atom stereocenters. The van der Waals surface area contributed by atoms with Gasteiger partial charge in [0.1, 0.15) is 5.82 Å². The molecule has 0 aromatic carbocycles. The van der Waals surface area contributed by atoms with E-state index in [0.717, 1.165) is 5.56 Å². The fraction of sp³-hybridized carbons (Fsp3) is 0.444. The first kappa shape index (κ1) is 10.4. The van der Waals surface area contributed by atoms with E-state index < -0.39 is 0 Å². The number of rotatable bonds is 4. The number of nitrogens with two attached hydrogens (primary N) is 1. The summed E-state index contributed by atoms with van der Waals surface area (Å²) in [7, 11) is 0. The van der Waals surface area contributed by atoms with E-state index in [1.165, 1.54) is 0 Å². The van der Waals surface area contributed by atoms with Gasteiger partial charge in [0.15, 0.2) is 0 Å². The van der Waals surface area contributed by atoms with Crippen LogP contribution in [0.25, 0.3) is 0 Å². The molecular weight excluding hydrogens is 180 g/mol. The zero-order valence-corrected chi connectivity index (χ0v) is 8.32. The Hall–Kier alpha value is -1.65. The highest BCUT2D eigenvalue weighted by Gasteiger charge is 2.06. The zero-order chi connectivity index (χ0) is 10.6. The first-order valence-electron chi connectivity index (χ1n) is 4.42. The average Bonchev–Trinajstić information content (AvgIpc) is 2.01. The van der Waals surface area contributed by atoms with Crippen molar-refractivity contribution in [3.8, 4) is 0 Å². The van der Waals surface area contributed by atoms with Gasteiger partial charge in [-0.25, -0.2) is 0 Å². The fourth-order valence-electron chi connectivity index (χ4n) is 1.14. The lowest BCUT2D eigenvalue weighted by Gasteiger charge is -2.11. The highest BCUT2D eigenvalue weighted by molar-refractivity contribution is 5.74. The molecule has 5 heteroatoms. The molecule has 0 saturated carbocycles. The maximum absolute atomic E-state index is 10.6. The standard InChI is InChI=1S/C9H14N4O/c1-6-3-9(13-11-5-6)12-7(2)4-8(10)14/h3,5,7H,4H2,1-2H3,(H2,10,14)(H,12,13). The van der Waals surface area contributed by atoms with Gasteiger partial charge < -0.3 is 11.1 Å². The number of carbonyl (C=O) groups excluding carboxylic acids is 1. The number of amides is 1. The molecular formula is C9H14N4O. The van der Waals surface area contributed by atoms with E-state index >= 15 is 0 Å². The Morgan fingerprint density at radius 1 is 1.71 bits per heavy atom. The lowest BCUT2D eigenvalue weighted by Crippen LogP contribution is -2.24. The highest BCUT2D eigenvalue weighted by Crippen LogP contribution is 2.06. The summed E-state index contributed by atoms with van der Waals surface area (Å²) in [5, 5.41) is 10.7.